The first-order valence-corrected chi connectivity index (χ1v) is 9.42. The monoisotopic (exact) mass is 355 g/mol. The minimum absolute atomic E-state index is 0.363. The third-order valence-electron chi connectivity index (χ3n) is 2.30. The summed E-state index contributed by atoms with van der Waals surface area (Å²) in [5.41, 5.74) is 8.43. The smallest absolute Gasteiger partial charge is 0.394 e. The van der Waals surface area contributed by atoms with Gasteiger partial charge in [-0.1, -0.05) is 6.92 Å². The molecule has 0 fully saturated rings. The number of hydrogen-bond donors (Lipinski definition) is 5. The van der Waals surface area contributed by atoms with Crippen molar-refractivity contribution in [1.29, 1.82) is 0 Å². The van der Waals surface area contributed by atoms with Gasteiger partial charge in [0.15, 0.2) is 0 Å². The van der Waals surface area contributed by atoms with Gasteiger partial charge in [-0.25, -0.2) is 8.42 Å². The zero-order chi connectivity index (χ0) is 17.6. The van der Waals surface area contributed by atoms with Gasteiger partial charge < -0.3 is 11.1 Å². The molecule has 11 heteroatoms. The number of nitrogen functional groups attached to an aromatic ring is 1. The van der Waals surface area contributed by atoms with Gasteiger partial charge in [0, 0.05) is 11.4 Å². The van der Waals surface area contributed by atoms with E-state index in [9.17, 15) is 8.42 Å². The van der Waals surface area contributed by atoms with Crippen LogP contribution in [0.4, 0.5) is 11.4 Å². The van der Waals surface area contributed by atoms with Crippen molar-refractivity contribution in [3.8, 4) is 0 Å². The summed E-state index contributed by atoms with van der Waals surface area (Å²) in [6, 6.07) is 5.57. The van der Waals surface area contributed by atoms with E-state index in [4.69, 9.17) is 23.3 Å². The van der Waals surface area contributed by atoms with Gasteiger partial charge in [0.25, 0.3) is 0 Å². The fourth-order valence-corrected chi connectivity index (χ4v) is 2.30. The summed E-state index contributed by atoms with van der Waals surface area (Å²) in [4.78, 5) is 0. The van der Waals surface area contributed by atoms with E-state index in [0.717, 1.165) is 29.6 Å². The van der Waals surface area contributed by atoms with Crippen LogP contribution in [0.2, 0.25) is 0 Å². The zero-order valence-electron chi connectivity index (χ0n) is 12.4. The van der Waals surface area contributed by atoms with Crippen molar-refractivity contribution >= 4 is 31.8 Å². The second-order valence-corrected chi connectivity index (χ2v) is 7.15. The number of nitrogens with two attached hydrogens (primary N) is 1. The molecule has 9 nitrogen and oxygen atoms in total. The van der Waals surface area contributed by atoms with Gasteiger partial charge in [0.1, 0.15) is 0 Å². The zero-order valence-corrected chi connectivity index (χ0v) is 14.1. The Labute approximate surface area is 130 Å². The lowest BCUT2D eigenvalue weighted by molar-refractivity contribution is 0.381. The molecule has 0 aliphatic carbocycles. The van der Waals surface area contributed by atoms with Crippen molar-refractivity contribution in [3.05, 3.63) is 23.8 Å². The second-order valence-electron chi connectivity index (χ2n) is 4.47. The van der Waals surface area contributed by atoms with E-state index in [2.05, 4.69) is 10.0 Å². The predicted molar refractivity (Wildman–Crippen MR) is 85.5 cm³/mol. The Kier molecular flexibility index (Phi) is 7.76. The largest absolute Gasteiger partial charge is 0.399 e. The molecule has 0 radical (unpaired) electrons. The molecule has 1 rings (SSSR count). The number of aryl methyl sites for hydroxylation is 1. The molecular formula is C11H21N3O6S2. The fraction of sp³-hybridized carbons (Fsp3) is 0.455. The molecule has 0 saturated carbocycles. The highest BCUT2D eigenvalue weighted by atomic mass is 32.3. The SMILES string of the molecule is CCc1cc(NC(C)NS(C)(=O)=O)ccc1N.O=S(=O)(O)O. The Morgan fingerprint density at radius 1 is 1.23 bits per heavy atom. The van der Waals surface area contributed by atoms with Crippen LogP contribution < -0.4 is 15.8 Å². The third-order valence-corrected chi connectivity index (χ3v) is 3.08. The van der Waals surface area contributed by atoms with Gasteiger partial charge in [-0.2, -0.15) is 13.1 Å². The quantitative estimate of drug-likeness (QED) is 0.290. The first kappa shape index (κ1) is 20.6. The highest BCUT2D eigenvalue weighted by molar-refractivity contribution is 7.88. The molecule has 22 heavy (non-hydrogen) atoms. The van der Waals surface area contributed by atoms with Crippen molar-refractivity contribution in [2.75, 3.05) is 17.3 Å². The minimum atomic E-state index is -4.67. The Balaban J connectivity index is 0.000000763. The number of hydrogen-bond acceptors (Lipinski definition) is 6. The van der Waals surface area contributed by atoms with Crippen molar-refractivity contribution in [2.24, 2.45) is 0 Å². The second kappa shape index (κ2) is 8.29. The van der Waals surface area contributed by atoms with Gasteiger partial charge in [0.2, 0.25) is 10.0 Å². The Morgan fingerprint density at radius 2 is 1.73 bits per heavy atom. The summed E-state index contributed by atoms with van der Waals surface area (Å²) in [5.74, 6) is 0. The molecule has 0 amide bonds. The first-order chi connectivity index (χ1) is 9.81. The van der Waals surface area contributed by atoms with Crippen LogP contribution in [-0.2, 0) is 26.8 Å². The van der Waals surface area contributed by atoms with Gasteiger partial charge in [0.05, 0.1) is 12.4 Å². The molecule has 0 bridgehead atoms. The lowest BCUT2D eigenvalue weighted by Gasteiger charge is -2.16. The number of anilines is 2. The highest BCUT2D eigenvalue weighted by Crippen LogP contribution is 2.18. The molecule has 0 aromatic heterocycles. The highest BCUT2D eigenvalue weighted by Gasteiger charge is 2.08. The van der Waals surface area contributed by atoms with Gasteiger partial charge >= 0.3 is 10.4 Å². The summed E-state index contributed by atoms with van der Waals surface area (Å²) in [5, 5.41) is 3.05. The van der Waals surface area contributed by atoms with Crippen LogP contribution in [0.5, 0.6) is 0 Å². The topological polar surface area (TPSA) is 159 Å². The number of nitrogens with one attached hydrogen (secondary N) is 2. The van der Waals surface area contributed by atoms with Crippen LogP contribution in [0.25, 0.3) is 0 Å². The van der Waals surface area contributed by atoms with E-state index in [-0.39, 0.29) is 6.17 Å². The predicted octanol–water partition coefficient (Wildman–Crippen LogP) is 0.486. The van der Waals surface area contributed by atoms with E-state index in [1.807, 2.05) is 25.1 Å². The molecule has 1 aromatic rings. The molecule has 0 aliphatic heterocycles. The van der Waals surface area contributed by atoms with Crippen LogP contribution in [-0.4, -0.2) is 38.4 Å². The normalized spacial score (nSPS) is 13.0. The number of rotatable bonds is 5. The molecule has 128 valence electrons. The fourth-order valence-electron chi connectivity index (χ4n) is 1.60. The standard InChI is InChI=1S/C11H19N3O2S.H2O4S/c1-4-9-7-10(5-6-11(9)12)13-8(2)14-17(3,15)16;1-5(2,3)4/h5-8,13-14H,4,12H2,1-3H3;(H2,1,2,3,4). The van der Waals surface area contributed by atoms with E-state index in [1.165, 1.54) is 0 Å². The van der Waals surface area contributed by atoms with E-state index >= 15 is 0 Å². The molecule has 1 aromatic carbocycles. The molecular weight excluding hydrogens is 334 g/mol. The molecule has 6 N–H and O–H groups in total. The Hall–Kier alpha value is -1.40. The first-order valence-electron chi connectivity index (χ1n) is 6.14. The maximum Gasteiger partial charge on any atom is 0.394 e. The van der Waals surface area contributed by atoms with E-state index in [0.29, 0.717) is 0 Å². The van der Waals surface area contributed by atoms with Crippen molar-refractivity contribution in [2.45, 2.75) is 26.4 Å². The summed E-state index contributed by atoms with van der Waals surface area (Å²) in [6.45, 7) is 3.76. The lowest BCUT2D eigenvalue weighted by Crippen LogP contribution is -2.37. The maximum atomic E-state index is 11.0. The van der Waals surface area contributed by atoms with Crippen LogP contribution in [0.3, 0.4) is 0 Å². The Morgan fingerprint density at radius 3 is 2.14 bits per heavy atom. The number of sulfonamides is 1. The number of benzene rings is 1. The molecule has 0 heterocycles. The third kappa shape index (κ3) is 11.3. The van der Waals surface area contributed by atoms with Crippen molar-refractivity contribution in [1.82, 2.24) is 4.72 Å². The van der Waals surface area contributed by atoms with E-state index < -0.39 is 20.4 Å². The van der Waals surface area contributed by atoms with Crippen molar-refractivity contribution in [3.63, 3.8) is 0 Å². The summed E-state index contributed by atoms with van der Waals surface area (Å²) < 4.78 is 56.1. The maximum absolute atomic E-state index is 11.0. The van der Waals surface area contributed by atoms with Crippen molar-refractivity contribution < 1.29 is 25.9 Å². The minimum Gasteiger partial charge on any atom is -0.399 e. The van der Waals surface area contributed by atoms with Crippen LogP contribution in [0.1, 0.15) is 19.4 Å². The molecule has 0 spiro atoms. The average Bonchev–Trinajstić information content (AvgIpc) is 2.27. The van der Waals surface area contributed by atoms with Gasteiger partial charge in [-0.3, -0.25) is 9.11 Å². The average molecular weight is 355 g/mol. The molecule has 0 saturated heterocycles. The summed E-state index contributed by atoms with van der Waals surface area (Å²) >= 11 is 0. The van der Waals surface area contributed by atoms with Gasteiger partial charge in [-0.15, -0.1) is 0 Å². The molecule has 0 aliphatic rings. The van der Waals surface area contributed by atoms with Crippen LogP contribution >= 0.6 is 0 Å². The van der Waals surface area contributed by atoms with Gasteiger partial charge in [-0.05, 0) is 37.1 Å². The van der Waals surface area contributed by atoms with Crippen LogP contribution in [0.15, 0.2) is 18.2 Å². The van der Waals surface area contributed by atoms with E-state index in [1.54, 1.807) is 6.92 Å². The van der Waals surface area contributed by atoms with Crippen LogP contribution in [0, 0.1) is 0 Å². The summed E-state index contributed by atoms with van der Waals surface area (Å²) in [7, 11) is -7.87. The molecule has 1 unspecified atom stereocenters. The molecule has 1 atom stereocenters. The Bertz CT molecular complexity index is 680. The lowest BCUT2D eigenvalue weighted by atomic mass is 10.1. The summed E-state index contributed by atoms with van der Waals surface area (Å²) in [6.07, 6.45) is 1.61.